The van der Waals surface area contributed by atoms with Gasteiger partial charge in [0.2, 0.25) is 0 Å². The number of hydrogen-bond donors (Lipinski definition) is 0. The second kappa shape index (κ2) is 3.34. The molecule has 13 heavy (non-hydrogen) atoms. The Balaban J connectivity index is 2.64. The molecular weight excluding hydrogens is 233 g/mol. The summed E-state index contributed by atoms with van der Waals surface area (Å²) in [5.41, 5.74) is 0.549. The summed E-state index contributed by atoms with van der Waals surface area (Å²) in [5.74, 6) is -0.231. The van der Waals surface area contributed by atoms with E-state index in [1.54, 1.807) is 10.6 Å². The third kappa shape index (κ3) is 1.52. The molecule has 0 atom stereocenters. The van der Waals surface area contributed by atoms with E-state index in [4.69, 9.17) is 0 Å². The van der Waals surface area contributed by atoms with E-state index in [1.165, 1.54) is 6.07 Å². The van der Waals surface area contributed by atoms with Crippen LogP contribution in [0.1, 0.15) is 0 Å². The number of nitrogens with zero attached hydrogens (tertiary/aromatic N) is 1. The van der Waals surface area contributed by atoms with Gasteiger partial charge in [-0.1, -0.05) is 6.07 Å². The zero-order valence-electron chi connectivity index (χ0n) is 6.74. The second-order valence-corrected chi connectivity index (χ2v) is 3.51. The molecule has 0 saturated carbocycles. The molecule has 1 heterocycles. The van der Waals surface area contributed by atoms with Gasteiger partial charge in [-0.2, -0.15) is 0 Å². The Morgan fingerprint density at radius 3 is 2.38 bits per heavy atom. The fourth-order valence-electron chi connectivity index (χ4n) is 1.22. The normalized spacial score (nSPS) is 10.3. The summed E-state index contributed by atoms with van der Waals surface area (Å²) < 4.78 is 15.9. The molecule has 2 aromatic rings. The third-order valence-electron chi connectivity index (χ3n) is 1.80. The van der Waals surface area contributed by atoms with Crippen LogP contribution in [0.15, 0.2) is 47.2 Å². The lowest BCUT2D eigenvalue weighted by atomic mass is 10.3. The van der Waals surface area contributed by atoms with Gasteiger partial charge < -0.3 is 4.57 Å². The molecule has 1 nitrogen and oxygen atoms in total. The highest BCUT2D eigenvalue weighted by molar-refractivity contribution is 9.10. The van der Waals surface area contributed by atoms with E-state index < -0.39 is 0 Å². The predicted molar refractivity (Wildman–Crippen MR) is 53.4 cm³/mol. The molecule has 0 N–H and O–H groups in total. The summed E-state index contributed by atoms with van der Waals surface area (Å²) in [5, 5.41) is 0. The molecule has 0 aliphatic rings. The molecule has 0 radical (unpaired) electrons. The molecule has 3 heteroatoms. The van der Waals surface area contributed by atoms with Crippen molar-refractivity contribution in [1.29, 1.82) is 0 Å². The van der Waals surface area contributed by atoms with Crippen LogP contribution in [-0.4, -0.2) is 4.57 Å². The van der Waals surface area contributed by atoms with E-state index >= 15 is 0 Å². The molecular formula is C10H7BrFN. The zero-order chi connectivity index (χ0) is 9.26. The second-order valence-electron chi connectivity index (χ2n) is 2.66. The summed E-state index contributed by atoms with van der Waals surface area (Å²) in [6, 6.07) is 8.66. The minimum Gasteiger partial charge on any atom is -0.320 e. The number of aromatic nitrogens is 1. The number of benzene rings is 1. The maximum absolute atomic E-state index is 13.4. The Hall–Kier alpha value is -1.09. The number of hydrogen-bond acceptors (Lipinski definition) is 0. The maximum atomic E-state index is 13.4. The van der Waals surface area contributed by atoms with Crippen molar-refractivity contribution in [2.45, 2.75) is 0 Å². The van der Waals surface area contributed by atoms with Gasteiger partial charge in [0, 0.05) is 16.9 Å². The van der Waals surface area contributed by atoms with Crippen molar-refractivity contribution >= 4 is 15.9 Å². The first kappa shape index (κ1) is 8.51. The van der Waals surface area contributed by atoms with Crippen LogP contribution in [0.5, 0.6) is 0 Å². The van der Waals surface area contributed by atoms with Crippen molar-refractivity contribution in [2.75, 3.05) is 0 Å². The number of halogens is 2. The van der Waals surface area contributed by atoms with Crippen molar-refractivity contribution in [3.05, 3.63) is 53.0 Å². The van der Waals surface area contributed by atoms with Crippen molar-refractivity contribution in [3.8, 4) is 5.69 Å². The van der Waals surface area contributed by atoms with Crippen LogP contribution in [0.25, 0.3) is 5.69 Å². The van der Waals surface area contributed by atoms with Crippen molar-refractivity contribution < 1.29 is 4.39 Å². The van der Waals surface area contributed by atoms with Crippen molar-refractivity contribution in [2.24, 2.45) is 0 Å². The Kier molecular flexibility index (Phi) is 2.19. The SMILES string of the molecule is Fc1cccc(Br)c1-n1cccc1. The van der Waals surface area contributed by atoms with Crippen molar-refractivity contribution in [3.63, 3.8) is 0 Å². The molecule has 0 amide bonds. The Labute approximate surface area is 83.9 Å². The molecule has 0 fully saturated rings. The summed E-state index contributed by atoms with van der Waals surface area (Å²) in [7, 11) is 0. The van der Waals surface area contributed by atoms with E-state index in [-0.39, 0.29) is 5.82 Å². The fourth-order valence-corrected chi connectivity index (χ4v) is 1.77. The first-order chi connectivity index (χ1) is 6.29. The summed E-state index contributed by atoms with van der Waals surface area (Å²) in [6.07, 6.45) is 3.62. The first-order valence-corrected chi connectivity index (χ1v) is 4.65. The lowest BCUT2D eigenvalue weighted by Crippen LogP contribution is -1.95. The van der Waals surface area contributed by atoms with Gasteiger partial charge in [-0.05, 0) is 40.2 Å². The largest absolute Gasteiger partial charge is 0.320 e. The van der Waals surface area contributed by atoms with Gasteiger partial charge >= 0.3 is 0 Å². The average Bonchev–Trinajstić information content (AvgIpc) is 2.57. The van der Waals surface area contributed by atoms with Crippen LogP contribution < -0.4 is 0 Å². The van der Waals surface area contributed by atoms with Crippen LogP contribution in [0.2, 0.25) is 0 Å². The van der Waals surface area contributed by atoms with Gasteiger partial charge in [0.1, 0.15) is 5.82 Å². The molecule has 0 aliphatic heterocycles. The van der Waals surface area contributed by atoms with E-state index in [9.17, 15) is 4.39 Å². The Bertz CT molecular complexity index is 389. The van der Waals surface area contributed by atoms with Gasteiger partial charge in [0.25, 0.3) is 0 Å². The van der Waals surface area contributed by atoms with E-state index in [0.717, 1.165) is 4.47 Å². The number of rotatable bonds is 1. The highest BCUT2D eigenvalue weighted by Crippen LogP contribution is 2.23. The minimum atomic E-state index is -0.231. The molecule has 1 aromatic carbocycles. The first-order valence-electron chi connectivity index (χ1n) is 3.86. The molecule has 0 bridgehead atoms. The fraction of sp³-hybridized carbons (Fsp3) is 0. The molecule has 66 valence electrons. The van der Waals surface area contributed by atoms with E-state index in [1.807, 2.05) is 30.6 Å². The van der Waals surface area contributed by atoms with Crippen LogP contribution >= 0.6 is 15.9 Å². The average molecular weight is 240 g/mol. The van der Waals surface area contributed by atoms with E-state index in [2.05, 4.69) is 15.9 Å². The van der Waals surface area contributed by atoms with Crippen LogP contribution in [0, 0.1) is 5.82 Å². The number of para-hydroxylation sites is 1. The molecule has 0 unspecified atom stereocenters. The maximum Gasteiger partial charge on any atom is 0.148 e. The lowest BCUT2D eigenvalue weighted by Gasteiger charge is -2.06. The summed E-state index contributed by atoms with van der Waals surface area (Å²) >= 11 is 3.31. The van der Waals surface area contributed by atoms with Crippen LogP contribution in [-0.2, 0) is 0 Å². The Morgan fingerprint density at radius 2 is 1.77 bits per heavy atom. The Morgan fingerprint density at radius 1 is 1.08 bits per heavy atom. The smallest absolute Gasteiger partial charge is 0.148 e. The highest BCUT2D eigenvalue weighted by atomic mass is 79.9. The lowest BCUT2D eigenvalue weighted by molar-refractivity contribution is 0.617. The van der Waals surface area contributed by atoms with Crippen molar-refractivity contribution in [1.82, 2.24) is 4.57 Å². The monoisotopic (exact) mass is 239 g/mol. The van der Waals surface area contributed by atoms with Gasteiger partial charge in [0.15, 0.2) is 0 Å². The zero-order valence-corrected chi connectivity index (χ0v) is 8.33. The summed E-state index contributed by atoms with van der Waals surface area (Å²) in [6.45, 7) is 0. The van der Waals surface area contributed by atoms with Gasteiger partial charge in [-0.25, -0.2) is 4.39 Å². The van der Waals surface area contributed by atoms with Gasteiger partial charge in [-0.15, -0.1) is 0 Å². The standard InChI is InChI=1S/C10H7BrFN/c11-8-4-3-5-9(12)10(8)13-6-1-2-7-13/h1-7H. The molecule has 0 aliphatic carbocycles. The summed E-state index contributed by atoms with van der Waals surface area (Å²) in [4.78, 5) is 0. The molecule has 0 saturated heterocycles. The van der Waals surface area contributed by atoms with Gasteiger partial charge in [-0.3, -0.25) is 0 Å². The molecule has 1 aromatic heterocycles. The minimum absolute atomic E-state index is 0.231. The topological polar surface area (TPSA) is 4.93 Å². The van der Waals surface area contributed by atoms with E-state index in [0.29, 0.717) is 5.69 Å². The molecule has 0 spiro atoms. The predicted octanol–water partition coefficient (Wildman–Crippen LogP) is 3.38. The third-order valence-corrected chi connectivity index (χ3v) is 2.44. The van der Waals surface area contributed by atoms with Crippen LogP contribution in [0.4, 0.5) is 4.39 Å². The van der Waals surface area contributed by atoms with Crippen LogP contribution in [0.3, 0.4) is 0 Å². The quantitative estimate of drug-likeness (QED) is 0.720. The highest BCUT2D eigenvalue weighted by Gasteiger charge is 2.06. The molecule has 2 rings (SSSR count). The van der Waals surface area contributed by atoms with Gasteiger partial charge in [0.05, 0.1) is 5.69 Å².